The van der Waals surface area contributed by atoms with Gasteiger partial charge in [0.15, 0.2) is 0 Å². The second-order valence-corrected chi connectivity index (χ2v) is 6.89. The molecule has 102 valence electrons. The first kappa shape index (κ1) is 16.3. The average Bonchev–Trinajstić information content (AvgIpc) is 2.21. The van der Waals surface area contributed by atoms with Gasteiger partial charge in [0.25, 0.3) is 0 Å². The molecule has 0 fully saturated rings. The van der Waals surface area contributed by atoms with Crippen LogP contribution in [0.4, 0.5) is 0 Å². The van der Waals surface area contributed by atoms with Crippen LogP contribution < -0.4 is 11.1 Å². The van der Waals surface area contributed by atoms with Crippen LogP contribution in [0.1, 0.15) is 13.3 Å². The van der Waals surface area contributed by atoms with Gasteiger partial charge in [-0.3, -0.25) is 4.79 Å². The van der Waals surface area contributed by atoms with Gasteiger partial charge in [-0.2, -0.15) is 0 Å². The summed E-state index contributed by atoms with van der Waals surface area (Å²) in [5, 5.41) is 2.89. The van der Waals surface area contributed by atoms with Gasteiger partial charge in [0.05, 0.1) is 11.3 Å². The van der Waals surface area contributed by atoms with E-state index in [1.807, 2.05) is 11.9 Å². The molecule has 1 amide bonds. The molecule has 0 aromatic carbocycles. The van der Waals surface area contributed by atoms with Gasteiger partial charge >= 0.3 is 0 Å². The number of hydrogen-bond acceptors (Lipinski definition) is 5. The molecule has 0 saturated carbocycles. The third-order valence-corrected chi connectivity index (χ3v) is 3.86. The minimum Gasteiger partial charge on any atom is -0.368 e. The molecular formula is C10H23N3O3S. The van der Waals surface area contributed by atoms with Gasteiger partial charge in [0.1, 0.15) is 9.84 Å². The quantitative estimate of drug-likeness (QED) is 0.576. The third kappa shape index (κ3) is 6.60. The van der Waals surface area contributed by atoms with Gasteiger partial charge in [-0.1, -0.05) is 0 Å². The molecule has 0 aliphatic carbocycles. The van der Waals surface area contributed by atoms with Crippen molar-refractivity contribution in [2.24, 2.45) is 5.73 Å². The Morgan fingerprint density at radius 3 is 2.29 bits per heavy atom. The first-order valence-electron chi connectivity index (χ1n) is 5.46. The lowest BCUT2D eigenvalue weighted by atomic mass is 9.97. The summed E-state index contributed by atoms with van der Waals surface area (Å²) in [6.45, 7) is 2.80. The number of nitrogens with one attached hydrogen (secondary N) is 1. The maximum atomic E-state index is 11.2. The van der Waals surface area contributed by atoms with E-state index in [9.17, 15) is 13.2 Å². The molecule has 1 unspecified atom stereocenters. The lowest BCUT2D eigenvalue weighted by Gasteiger charge is -2.28. The van der Waals surface area contributed by atoms with Gasteiger partial charge in [0, 0.05) is 19.3 Å². The van der Waals surface area contributed by atoms with E-state index >= 15 is 0 Å². The first-order valence-corrected chi connectivity index (χ1v) is 7.52. The molecule has 0 radical (unpaired) electrons. The topological polar surface area (TPSA) is 92.5 Å². The molecule has 3 N–H and O–H groups in total. The number of rotatable bonds is 8. The largest absolute Gasteiger partial charge is 0.368 e. The van der Waals surface area contributed by atoms with Crippen molar-refractivity contribution in [1.82, 2.24) is 10.2 Å². The van der Waals surface area contributed by atoms with Crippen LogP contribution in [0.5, 0.6) is 0 Å². The van der Waals surface area contributed by atoms with Crippen molar-refractivity contribution in [2.45, 2.75) is 18.9 Å². The van der Waals surface area contributed by atoms with E-state index in [0.717, 1.165) is 0 Å². The number of likely N-dealkylation sites (N-methyl/N-ethyl adjacent to an activating group) is 1. The summed E-state index contributed by atoms with van der Waals surface area (Å²) in [7, 11) is 0.560. The predicted molar refractivity (Wildman–Crippen MR) is 68.5 cm³/mol. The molecule has 6 nitrogen and oxygen atoms in total. The number of nitrogens with zero attached hydrogens (tertiary/aromatic N) is 1. The molecule has 0 heterocycles. The molecule has 0 aromatic heterocycles. The third-order valence-electron chi connectivity index (χ3n) is 2.93. The van der Waals surface area contributed by atoms with Crippen molar-refractivity contribution in [3.05, 3.63) is 0 Å². The zero-order valence-electron chi connectivity index (χ0n) is 11.0. The SMILES string of the molecule is CNC(C)(CCN(C)CCS(C)(=O)=O)C(N)=O. The van der Waals surface area contributed by atoms with Crippen molar-refractivity contribution in [3.63, 3.8) is 0 Å². The smallest absolute Gasteiger partial charge is 0.237 e. The number of hydrogen-bond donors (Lipinski definition) is 2. The van der Waals surface area contributed by atoms with E-state index in [2.05, 4.69) is 5.32 Å². The number of nitrogens with two attached hydrogens (primary N) is 1. The molecule has 0 spiro atoms. The summed E-state index contributed by atoms with van der Waals surface area (Å²) < 4.78 is 22.0. The van der Waals surface area contributed by atoms with Gasteiger partial charge in [-0.25, -0.2) is 8.42 Å². The molecule has 0 rings (SSSR count). The summed E-state index contributed by atoms with van der Waals surface area (Å²) >= 11 is 0. The minimum absolute atomic E-state index is 0.121. The van der Waals surface area contributed by atoms with Gasteiger partial charge < -0.3 is 16.0 Å². The molecule has 0 bridgehead atoms. The summed E-state index contributed by atoms with van der Waals surface area (Å²) in [6.07, 6.45) is 1.75. The van der Waals surface area contributed by atoms with Crippen molar-refractivity contribution in [1.29, 1.82) is 0 Å². The number of carbonyl (C=O) groups excluding carboxylic acids is 1. The summed E-state index contributed by atoms with van der Waals surface area (Å²) in [6, 6.07) is 0. The Bertz CT molecular complexity index is 356. The van der Waals surface area contributed by atoms with Crippen molar-refractivity contribution < 1.29 is 13.2 Å². The Morgan fingerprint density at radius 1 is 1.41 bits per heavy atom. The van der Waals surface area contributed by atoms with Crippen molar-refractivity contribution >= 4 is 15.7 Å². The lowest BCUT2D eigenvalue weighted by Crippen LogP contribution is -2.53. The van der Waals surface area contributed by atoms with Crippen LogP contribution in [0.25, 0.3) is 0 Å². The Morgan fingerprint density at radius 2 is 1.94 bits per heavy atom. The Hall–Kier alpha value is -0.660. The maximum absolute atomic E-state index is 11.2. The number of carbonyl (C=O) groups is 1. The van der Waals surface area contributed by atoms with Crippen molar-refractivity contribution in [2.75, 3.05) is 39.2 Å². The van der Waals surface area contributed by atoms with Crippen LogP contribution in [0.2, 0.25) is 0 Å². The Kier molecular flexibility index (Phi) is 6.08. The first-order chi connectivity index (χ1) is 7.60. The van der Waals surface area contributed by atoms with Gasteiger partial charge in [-0.05, 0) is 27.4 Å². The summed E-state index contributed by atoms with van der Waals surface area (Å²) in [5.41, 5.74) is 4.54. The van der Waals surface area contributed by atoms with Crippen LogP contribution in [0, 0.1) is 0 Å². The molecule has 0 saturated heterocycles. The Labute approximate surface area is 103 Å². The van der Waals surface area contributed by atoms with Gasteiger partial charge in [0.2, 0.25) is 5.91 Å². The van der Waals surface area contributed by atoms with E-state index in [-0.39, 0.29) is 5.75 Å². The van der Waals surface area contributed by atoms with E-state index in [4.69, 9.17) is 5.73 Å². The van der Waals surface area contributed by atoms with E-state index in [1.54, 1.807) is 14.0 Å². The number of primary amides is 1. The number of sulfone groups is 1. The highest BCUT2D eigenvalue weighted by Crippen LogP contribution is 2.08. The fourth-order valence-electron chi connectivity index (χ4n) is 1.22. The Balaban J connectivity index is 4.15. The van der Waals surface area contributed by atoms with Crippen LogP contribution in [-0.2, 0) is 14.6 Å². The summed E-state index contributed by atoms with van der Waals surface area (Å²) in [5.74, 6) is -0.285. The highest BCUT2D eigenvalue weighted by Gasteiger charge is 2.28. The molecular weight excluding hydrogens is 242 g/mol. The molecule has 7 heteroatoms. The summed E-state index contributed by atoms with van der Waals surface area (Å²) in [4.78, 5) is 13.1. The average molecular weight is 265 g/mol. The van der Waals surface area contributed by atoms with Crippen LogP contribution >= 0.6 is 0 Å². The van der Waals surface area contributed by atoms with E-state index < -0.39 is 21.3 Å². The molecule has 0 aromatic rings. The van der Waals surface area contributed by atoms with Crippen LogP contribution in [0.3, 0.4) is 0 Å². The monoisotopic (exact) mass is 265 g/mol. The zero-order chi connectivity index (χ0) is 13.7. The molecule has 1 atom stereocenters. The predicted octanol–water partition coefficient (Wildman–Crippen LogP) is -1.18. The lowest BCUT2D eigenvalue weighted by molar-refractivity contribution is -0.124. The van der Waals surface area contributed by atoms with Crippen LogP contribution in [0.15, 0.2) is 0 Å². The molecule has 0 aliphatic heterocycles. The highest BCUT2D eigenvalue weighted by atomic mass is 32.2. The molecule has 17 heavy (non-hydrogen) atoms. The maximum Gasteiger partial charge on any atom is 0.237 e. The second-order valence-electron chi connectivity index (χ2n) is 4.63. The van der Waals surface area contributed by atoms with E-state index in [0.29, 0.717) is 19.5 Å². The number of amides is 1. The zero-order valence-corrected chi connectivity index (χ0v) is 11.8. The second kappa shape index (κ2) is 6.32. The van der Waals surface area contributed by atoms with Crippen LogP contribution in [-0.4, -0.2) is 64.0 Å². The van der Waals surface area contributed by atoms with Gasteiger partial charge in [-0.15, -0.1) is 0 Å². The molecule has 0 aliphatic rings. The fraction of sp³-hybridized carbons (Fsp3) is 0.900. The van der Waals surface area contributed by atoms with E-state index in [1.165, 1.54) is 6.26 Å². The fourth-order valence-corrected chi connectivity index (χ4v) is 1.86. The highest BCUT2D eigenvalue weighted by molar-refractivity contribution is 7.90. The standard InChI is InChI=1S/C10H23N3O3S/c1-10(12-2,9(11)14)5-6-13(3)7-8-17(4,15)16/h12H,5-8H2,1-4H3,(H2,11,14). The normalized spacial score (nSPS) is 15.8. The van der Waals surface area contributed by atoms with Crippen molar-refractivity contribution in [3.8, 4) is 0 Å². The minimum atomic E-state index is -2.94.